The Labute approximate surface area is 222 Å². The first-order chi connectivity index (χ1) is 18.4. The van der Waals surface area contributed by atoms with Gasteiger partial charge in [-0.2, -0.15) is 0 Å². The van der Waals surface area contributed by atoms with Crippen molar-refractivity contribution in [3.05, 3.63) is 93.8 Å². The van der Waals surface area contributed by atoms with Crippen LogP contribution in [0, 0.1) is 6.92 Å². The number of carbonyl (C=O) groups excluding carboxylic acids is 1. The molecule has 196 valence electrons. The Morgan fingerprint density at radius 3 is 2.45 bits per heavy atom. The summed E-state index contributed by atoms with van der Waals surface area (Å²) in [4.78, 5) is 28.2. The highest BCUT2D eigenvalue weighted by atomic mass is 16.5. The maximum absolute atomic E-state index is 13.0. The van der Waals surface area contributed by atoms with Gasteiger partial charge < -0.3 is 18.8 Å². The number of ketones is 1. The highest BCUT2D eigenvalue weighted by Gasteiger charge is 2.20. The van der Waals surface area contributed by atoms with E-state index in [1.807, 2.05) is 67.6 Å². The van der Waals surface area contributed by atoms with Gasteiger partial charge in [-0.1, -0.05) is 36.4 Å². The first-order valence-electron chi connectivity index (χ1n) is 13.1. The van der Waals surface area contributed by atoms with E-state index in [2.05, 4.69) is 11.9 Å². The summed E-state index contributed by atoms with van der Waals surface area (Å²) in [6, 6.07) is 21.3. The van der Waals surface area contributed by atoms with Crippen LogP contribution in [0.4, 0.5) is 0 Å². The Balaban J connectivity index is 1.32. The molecule has 38 heavy (non-hydrogen) atoms. The molecule has 0 bridgehead atoms. The van der Waals surface area contributed by atoms with E-state index in [0.29, 0.717) is 11.1 Å². The second-order valence-corrected chi connectivity index (χ2v) is 10.1. The smallest absolute Gasteiger partial charge is 0.339 e. The standard InChI is InChI=1S/C32H33NO5/c1-21-29(37-27-13-15-33(2)16-14-27)12-10-24-19-25(32(35)38-31(21)24)20-26(34)17-22-9-11-30(36-3)28(18-22)23-7-5-4-6-8-23/h4-12,18-19,27H,13-17,20H2,1-3H3. The van der Waals surface area contributed by atoms with E-state index in [-0.39, 0.29) is 24.7 Å². The number of likely N-dealkylation sites (tertiary alicyclic amines) is 1. The molecule has 1 aromatic heterocycles. The lowest BCUT2D eigenvalue weighted by Gasteiger charge is -2.29. The van der Waals surface area contributed by atoms with Crippen molar-refractivity contribution in [2.75, 3.05) is 27.2 Å². The zero-order chi connectivity index (χ0) is 26.6. The fourth-order valence-corrected chi connectivity index (χ4v) is 5.09. The van der Waals surface area contributed by atoms with Crippen molar-refractivity contribution >= 4 is 16.8 Å². The highest BCUT2D eigenvalue weighted by molar-refractivity contribution is 5.86. The number of nitrogens with zero attached hydrogens (tertiary/aromatic N) is 1. The number of hydrogen-bond acceptors (Lipinski definition) is 6. The molecule has 0 amide bonds. The van der Waals surface area contributed by atoms with Gasteiger partial charge in [0.05, 0.1) is 7.11 Å². The first kappa shape index (κ1) is 25.7. The van der Waals surface area contributed by atoms with Gasteiger partial charge in [0, 0.05) is 48.0 Å². The third-order valence-corrected chi connectivity index (χ3v) is 7.27. The van der Waals surface area contributed by atoms with Crippen LogP contribution in [-0.2, 0) is 17.6 Å². The van der Waals surface area contributed by atoms with Crippen LogP contribution in [0.2, 0.25) is 0 Å². The van der Waals surface area contributed by atoms with Crippen molar-refractivity contribution in [3.8, 4) is 22.6 Å². The number of aryl methyl sites for hydroxylation is 1. The van der Waals surface area contributed by atoms with Crippen LogP contribution >= 0.6 is 0 Å². The molecule has 0 radical (unpaired) electrons. The van der Waals surface area contributed by atoms with Crippen LogP contribution in [0.15, 0.2) is 75.9 Å². The van der Waals surface area contributed by atoms with Crippen molar-refractivity contribution < 1.29 is 18.7 Å². The lowest BCUT2D eigenvalue weighted by molar-refractivity contribution is -0.117. The summed E-state index contributed by atoms with van der Waals surface area (Å²) in [6.07, 6.45) is 2.33. The number of ether oxygens (including phenoxy) is 2. The topological polar surface area (TPSA) is 69.0 Å². The normalized spacial score (nSPS) is 14.5. The van der Waals surface area contributed by atoms with Crippen LogP contribution in [0.25, 0.3) is 22.1 Å². The Morgan fingerprint density at radius 2 is 1.71 bits per heavy atom. The van der Waals surface area contributed by atoms with Gasteiger partial charge in [-0.25, -0.2) is 4.79 Å². The highest BCUT2D eigenvalue weighted by Crippen LogP contribution is 2.32. The Kier molecular flexibility index (Phi) is 7.61. The molecular weight excluding hydrogens is 478 g/mol. The number of Topliss-reactive ketones (excluding diaryl/α,β-unsaturated/α-hetero) is 1. The SMILES string of the molecule is COc1ccc(CC(=O)Cc2cc3ccc(OC4CCN(C)CC4)c(C)c3oc2=O)cc1-c1ccccc1. The van der Waals surface area contributed by atoms with E-state index in [4.69, 9.17) is 13.9 Å². The number of carbonyl (C=O) groups is 1. The van der Waals surface area contributed by atoms with E-state index in [1.165, 1.54) is 0 Å². The molecule has 2 heterocycles. The molecule has 0 N–H and O–H groups in total. The predicted octanol–water partition coefficient (Wildman–Crippen LogP) is 5.60. The molecule has 1 fully saturated rings. The third-order valence-electron chi connectivity index (χ3n) is 7.27. The number of rotatable bonds is 8. The van der Waals surface area contributed by atoms with E-state index >= 15 is 0 Å². The molecule has 3 aromatic carbocycles. The molecule has 1 aliphatic rings. The minimum atomic E-state index is -0.481. The molecular formula is C32H33NO5. The maximum atomic E-state index is 13.0. The van der Waals surface area contributed by atoms with Crippen LogP contribution in [0.1, 0.15) is 29.5 Å². The second-order valence-electron chi connectivity index (χ2n) is 10.1. The fourth-order valence-electron chi connectivity index (χ4n) is 5.09. The molecule has 4 aromatic rings. The summed E-state index contributed by atoms with van der Waals surface area (Å²) >= 11 is 0. The summed E-state index contributed by atoms with van der Waals surface area (Å²) in [5, 5.41) is 0.788. The molecule has 5 rings (SSSR count). The van der Waals surface area contributed by atoms with Gasteiger partial charge in [0.15, 0.2) is 0 Å². The molecule has 0 atom stereocenters. The fraction of sp³-hybridized carbons (Fsp3) is 0.312. The molecule has 6 heteroatoms. The third kappa shape index (κ3) is 5.65. The molecule has 1 aliphatic heterocycles. The number of piperidine rings is 1. The summed E-state index contributed by atoms with van der Waals surface area (Å²) in [6.45, 7) is 3.93. The van der Waals surface area contributed by atoms with Gasteiger partial charge in [0.1, 0.15) is 29.0 Å². The molecule has 0 spiro atoms. The van der Waals surface area contributed by atoms with Crippen LogP contribution < -0.4 is 15.1 Å². The number of hydrogen-bond donors (Lipinski definition) is 0. The van der Waals surface area contributed by atoms with Crippen molar-refractivity contribution in [2.45, 2.75) is 38.7 Å². The molecule has 6 nitrogen and oxygen atoms in total. The number of fused-ring (bicyclic) bond motifs is 1. The van der Waals surface area contributed by atoms with Gasteiger partial charge in [-0.15, -0.1) is 0 Å². The average Bonchev–Trinajstić information content (AvgIpc) is 2.93. The van der Waals surface area contributed by atoms with E-state index in [0.717, 1.165) is 65.1 Å². The number of methoxy groups -OCH3 is 1. The van der Waals surface area contributed by atoms with Crippen molar-refractivity contribution in [3.63, 3.8) is 0 Å². The second kappa shape index (κ2) is 11.2. The van der Waals surface area contributed by atoms with E-state index in [1.54, 1.807) is 13.2 Å². The number of benzene rings is 3. The lowest BCUT2D eigenvalue weighted by atomic mass is 9.97. The van der Waals surface area contributed by atoms with E-state index < -0.39 is 5.63 Å². The van der Waals surface area contributed by atoms with Gasteiger partial charge >= 0.3 is 5.63 Å². The monoisotopic (exact) mass is 511 g/mol. The minimum absolute atomic E-state index is 0.0118. The van der Waals surface area contributed by atoms with Crippen molar-refractivity contribution in [1.82, 2.24) is 4.90 Å². The molecule has 0 saturated carbocycles. The summed E-state index contributed by atoms with van der Waals surface area (Å²) in [7, 11) is 3.75. The van der Waals surface area contributed by atoms with Gasteiger partial charge in [-0.05, 0) is 68.3 Å². The Morgan fingerprint density at radius 1 is 0.974 bits per heavy atom. The van der Waals surface area contributed by atoms with Gasteiger partial charge in [0.2, 0.25) is 0 Å². The largest absolute Gasteiger partial charge is 0.496 e. The molecule has 0 unspecified atom stereocenters. The van der Waals surface area contributed by atoms with Gasteiger partial charge in [0.25, 0.3) is 0 Å². The quantitative estimate of drug-likeness (QED) is 0.287. The zero-order valence-electron chi connectivity index (χ0n) is 22.2. The zero-order valence-corrected chi connectivity index (χ0v) is 22.2. The summed E-state index contributed by atoms with van der Waals surface area (Å²) in [5.74, 6) is 1.43. The van der Waals surface area contributed by atoms with Crippen LogP contribution in [0.3, 0.4) is 0 Å². The van der Waals surface area contributed by atoms with Crippen molar-refractivity contribution in [2.24, 2.45) is 0 Å². The van der Waals surface area contributed by atoms with Crippen LogP contribution in [0.5, 0.6) is 11.5 Å². The Bertz CT molecular complexity index is 1500. The molecule has 1 saturated heterocycles. The Hall–Kier alpha value is -3.90. The summed E-state index contributed by atoms with van der Waals surface area (Å²) in [5.41, 5.74) is 4.02. The minimum Gasteiger partial charge on any atom is -0.496 e. The lowest BCUT2D eigenvalue weighted by Crippen LogP contribution is -2.35. The average molecular weight is 512 g/mol. The van der Waals surface area contributed by atoms with Gasteiger partial charge in [-0.3, -0.25) is 4.79 Å². The van der Waals surface area contributed by atoms with Crippen molar-refractivity contribution in [1.29, 1.82) is 0 Å². The first-order valence-corrected chi connectivity index (χ1v) is 13.1. The molecule has 0 aliphatic carbocycles. The summed E-state index contributed by atoms with van der Waals surface area (Å²) < 4.78 is 17.5. The predicted molar refractivity (Wildman–Crippen MR) is 149 cm³/mol. The van der Waals surface area contributed by atoms with E-state index in [9.17, 15) is 9.59 Å². The van der Waals surface area contributed by atoms with Crippen LogP contribution in [-0.4, -0.2) is 44.0 Å². The maximum Gasteiger partial charge on any atom is 0.339 e.